The molecule has 1 aromatic carbocycles. The van der Waals surface area contributed by atoms with Crippen LogP contribution in [0.1, 0.15) is 0 Å². The first kappa shape index (κ1) is 20.2. The van der Waals surface area contributed by atoms with Crippen LogP contribution in [-0.4, -0.2) is 41.2 Å². The molecule has 0 bridgehead atoms. The molecule has 0 radical (unpaired) electrons. The van der Waals surface area contributed by atoms with E-state index in [4.69, 9.17) is 21.1 Å². The number of nitro benzene ring substituents is 1. The minimum Gasteiger partial charge on any atom is -0.449 e. The zero-order chi connectivity index (χ0) is 20.3. The van der Waals surface area contributed by atoms with Crippen molar-refractivity contribution in [1.82, 2.24) is 14.8 Å². The lowest BCUT2D eigenvalue weighted by molar-refractivity contribution is -0.384. The number of nitro groups is 1. The smallest absolute Gasteiger partial charge is 0.271 e. The summed E-state index contributed by atoms with van der Waals surface area (Å²) in [4.78, 5) is 14.7. The van der Waals surface area contributed by atoms with Crippen molar-refractivity contribution in [1.29, 1.82) is 0 Å². The van der Waals surface area contributed by atoms with E-state index in [9.17, 15) is 10.1 Å². The van der Waals surface area contributed by atoms with Crippen molar-refractivity contribution in [3.05, 3.63) is 51.8 Å². The standard InChI is InChI=1S/C18H21ClN4O4Si/c1-28(2,3)8-7-26-12-27-18-15-11-20-17(19)10-16(15)22(21-18)13-5-4-6-14(9-13)23(24)25/h4-6,9-11H,7-8,12H2,1-3H3. The lowest BCUT2D eigenvalue weighted by Gasteiger charge is -2.15. The van der Waals surface area contributed by atoms with E-state index in [1.165, 1.54) is 12.1 Å². The number of non-ortho nitro benzene ring substituents is 1. The van der Waals surface area contributed by atoms with E-state index in [1.54, 1.807) is 29.1 Å². The molecule has 0 N–H and O–H groups in total. The molecule has 148 valence electrons. The van der Waals surface area contributed by atoms with Crippen molar-refractivity contribution >= 4 is 36.3 Å². The van der Waals surface area contributed by atoms with Crippen molar-refractivity contribution < 1.29 is 14.4 Å². The Labute approximate surface area is 168 Å². The predicted molar refractivity (Wildman–Crippen MR) is 110 cm³/mol. The summed E-state index contributed by atoms with van der Waals surface area (Å²) < 4.78 is 12.8. The zero-order valence-corrected chi connectivity index (χ0v) is 17.6. The van der Waals surface area contributed by atoms with Gasteiger partial charge in [0, 0.05) is 39.1 Å². The highest BCUT2D eigenvalue weighted by atomic mass is 35.5. The molecule has 10 heteroatoms. The van der Waals surface area contributed by atoms with Crippen LogP contribution in [0.25, 0.3) is 16.6 Å². The highest BCUT2D eigenvalue weighted by molar-refractivity contribution is 6.76. The van der Waals surface area contributed by atoms with Gasteiger partial charge in [-0.2, -0.15) is 0 Å². The maximum Gasteiger partial charge on any atom is 0.271 e. The average Bonchev–Trinajstić information content (AvgIpc) is 2.98. The Kier molecular flexibility index (Phi) is 5.97. The first-order valence-electron chi connectivity index (χ1n) is 8.74. The second kappa shape index (κ2) is 8.25. The topological polar surface area (TPSA) is 92.3 Å². The Hall–Kier alpha value is -2.49. The molecule has 2 heterocycles. The summed E-state index contributed by atoms with van der Waals surface area (Å²) in [5.74, 6) is 0.332. The minimum absolute atomic E-state index is 0.0292. The monoisotopic (exact) mass is 420 g/mol. The van der Waals surface area contributed by atoms with Gasteiger partial charge in [-0.1, -0.05) is 37.3 Å². The molecule has 8 nitrogen and oxygen atoms in total. The second-order valence-corrected chi connectivity index (χ2v) is 13.5. The molecule has 0 spiro atoms. The third-order valence-electron chi connectivity index (χ3n) is 4.06. The SMILES string of the molecule is C[Si](C)(C)CCOCOc1nn(-c2cccc([N+](=O)[O-])c2)c2cc(Cl)ncc12. The molecule has 0 aliphatic carbocycles. The third kappa shape index (κ3) is 4.86. The molecule has 0 atom stereocenters. The number of rotatable bonds is 8. The van der Waals surface area contributed by atoms with E-state index in [0.29, 0.717) is 29.1 Å². The van der Waals surface area contributed by atoms with Gasteiger partial charge >= 0.3 is 0 Å². The molecule has 0 saturated carbocycles. The normalized spacial score (nSPS) is 11.7. The number of nitrogens with zero attached hydrogens (tertiary/aromatic N) is 4. The summed E-state index contributed by atoms with van der Waals surface area (Å²) in [5, 5.41) is 16.5. The molecule has 0 aliphatic heterocycles. The fourth-order valence-electron chi connectivity index (χ4n) is 2.54. The quantitative estimate of drug-likeness (QED) is 0.131. The van der Waals surface area contributed by atoms with Gasteiger partial charge in [0.2, 0.25) is 5.88 Å². The van der Waals surface area contributed by atoms with Crippen LogP contribution in [0.15, 0.2) is 36.5 Å². The van der Waals surface area contributed by atoms with Crippen molar-refractivity contribution in [3.8, 4) is 11.6 Å². The van der Waals surface area contributed by atoms with Gasteiger partial charge in [0.05, 0.1) is 21.5 Å². The number of aromatic nitrogens is 3. The van der Waals surface area contributed by atoms with Crippen molar-refractivity contribution in [3.63, 3.8) is 0 Å². The zero-order valence-electron chi connectivity index (χ0n) is 15.9. The van der Waals surface area contributed by atoms with Gasteiger partial charge in [-0.25, -0.2) is 9.67 Å². The van der Waals surface area contributed by atoms with Crippen LogP contribution >= 0.6 is 11.6 Å². The molecule has 0 amide bonds. The highest BCUT2D eigenvalue weighted by Gasteiger charge is 2.17. The van der Waals surface area contributed by atoms with Crippen LogP contribution in [0.4, 0.5) is 5.69 Å². The lowest BCUT2D eigenvalue weighted by Crippen LogP contribution is -2.22. The molecule has 28 heavy (non-hydrogen) atoms. The van der Waals surface area contributed by atoms with Gasteiger partial charge in [-0.3, -0.25) is 10.1 Å². The number of hydrogen-bond donors (Lipinski definition) is 0. The Morgan fingerprint density at radius 2 is 2.07 bits per heavy atom. The van der Waals surface area contributed by atoms with E-state index in [-0.39, 0.29) is 17.6 Å². The van der Waals surface area contributed by atoms with Crippen LogP contribution in [-0.2, 0) is 4.74 Å². The van der Waals surface area contributed by atoms with Gasteiger partial charge < -0.3 is 9.47 Å². The van der Waals surface area contributed by atoms with Crippen molar-refractivity contribution in [2.24, 2.45) is 0 Å². The first-order chi connectivity index (χ1) is 13.2. The molecular weight excluding hydrogens is 400 g/mol. The van der Waals surface area contributed by atoms with E-state index >= 15 is 0 Å². The predicted octanol–water partition coefficient (Wildman–Crippen LogP) is 4.67. The first-order valence-corrected chi connectivity index (χ1v) is 12.8. The van der Waals surface area contributed by atoms with Crippen LogP contribution in [0.3, 0.4) is 0 Å². The summed E-state index contributed by atoms with van der Waals surface area (Å²) in [5.41, 5.74) is 1.13. The van der Waals surface area contributed by atoms with Crippen molar-refractivity contribution in [2.75, 3.05) is 13.4 Å². The molecule has 0 fully saturated rings. The molecule has 0 aliphatic rings. The number of halogens is 1. The van der Waals surface area contributed by atoms with Crippen LogP contribution in [0, 0.1) is 10.1 Å². The van der Waals surface area contributed by atoms with E-state index in [0.717, 1.165) is 6.04 Å². The van der Waals surface area contributed by atoms with E-state index in [1.807, 2.05) is 0 Å². The van der Waals surface area contributed by atoms with Gasteiger partial charge in [-0.15, -0.1) is 5.10 Å². The Morgan fingerprint density at radius 1 is 1.29 bits per heavy atom. The maximum atomic E-state index is 11.1. The maximum absolute atomic E-state index is 11.1. The third-order valence-corrected chi connectivity index (χ3v) is 5.97. The van der Waals surface area contributed by atoms with Crippen LogP contribution < -0.4 is 4.74 Å². The number of benzene rings is 1. The summed E-state index contributed by atoms with van der Waals surface area (Å²) >= 11 is 6.04. The number of hydrogen-bond acceptors (Lipinski definition) is 6. The Morgan fingerprint density at radius 3 is 2.79 bits per heavy atom. The van der Waals surface area contributed by atoms with E-state index < -0.39 is 13.0 Å². The molecule has 3 rings (SSSR count). The summed E-state index contributed by atoms with van der Waals surface area (Å²) in [6.07, 6.45) is 1.57. The van der Waals surface area contributed by atoms with Gasteiger partial charge in [-0.05, 0) is 12.1 Å². The number of ether oxygens (including phenoxy) is 2. The van der Waals surface area contributed by atoms with Crippen LogP contribution in [0.5, 0.6) is 5.88 Å². The Balaban J connectivity index is 1.87. The second-order valence-electron chi connectivity index (χ2n) is 7.50. The molecule has 2 aromatic heterocycles. The number of pyridine rings is 1. The minimum atomic E-state index is -1.17. The van der Waals surface area contributed by atoms with Crippen LogP contribution in [0.2, 0.25) is 30.8 Å². The molecule has 0 saturated heterocycles. The average molecular weight is 421 g/mol. The molecular formula is C18H21ClN4O4Si. The van der Waals surface area contributed by atoms with Gasteiger partial charge in [0.1, 0.15) is 5.15 Å². The summed E-state index contributed by atoms with van der Waals surface area (Å²) in [6, 6.07) is 8.87. The lowest BCUT2D eigenvalue weighted by atomic mass is 10.2. The Bertz CT molecular complexity index is 1000. The summed E-state index contributed by atoms with van der Waals surface area (Å²) in [7, 11) is -1.17. The van der Waals surface area contributed by atoms with E-state index in [2.05, 4.69) is 29.7 Å². The van der Waals surface area contributed by atoms with Gasteiger partial charge in [0.25, 0.3) is 5.69 Å². The fraction of sp³-hybridized carbons (Fsp3) is 0.333. The highest BCUT2D eigenvalue weighted by Crippen LogP contribution is 2.29. The number of fused-ring (bicyclic) bond motifs is 1. The fourth-order valence-corrected chi connectivity index (χ4v) is 3.44. The molecule has 0 unspecified atom stereocenters. The largest absolute Gasteiger partial charge is 0.449 e. The molecule has 3 aromatic rings. The summed E-state index contributed by atoms with van der Waals surface area (Å²) in [6.45, 7) is 7.53. The van der Waals surface area contributed by atoms with Gasteiger partial charge in [0.15, 0.2) is 6.79 Å². The van der Waals surface area contributed by atoms with Crippen molar-refractivity contribution in [2.45, 2.75) is 25.7 Å².